The van der Waals surface area contributed by atoms with Crippen molar-refractivity contribution in [1.82, 2.24) is 14.9 Å². The lowest BCUT2D eigenvalue weighted by molar-refractivity contribution is 0.265. The van der Waals surface area contributed by atoms with Crippen LogP contribution in [0.25, 0.3) is 0 Å². The van der Waals surface area contributed by atoms with Gasteiger partial charge in [0.25, 0.3) is 0 Å². The van der Waals surface area contributed by atoms with Crippen molar-refractivity contribution in [2.45, 2.75) is 13.1 Å². The molecule has 105 valence electrons. The molecule has 0 spiro atoms. The summed E-state index contributed by atoms with van der Waals surface area (Å²) in [7, 11) is 0. The van der Waals surface area contributed by atoms with Crippen molar-refractivity contribution in [3.05, 3.63) is 91.8 Å². The van der Waals surface area contributed by atoms with Crippen molar-refractivity contribution >= 4 is 0 Å². The maximum atomic E-state index is 4.43. The molecule has 0 unspecified atom stereocenters. The Kier molecular flexibility index (Phi) is 4.95. The summed E-state index contributed by atoms with van der Waals surface area (Å²) in [4.78, 5) is 11.2. The standard InChI is InChI=1S/C18H18N3/c1-2-8-16(7-1)13-21(14-17-9-3-5-11-19-17)15-18-10-4-6-12-20-18/h1-12H,13-15H2. The largest absolute Gasteiger partial charge is 0.291 e. The lowest BCUT2D eigenvalue weighted by atomic mass is 10.1. The van der Waals surface area contributed by atoms with E-state index in [4.69, 9.17) is 0 Å². The lowest BCUT2D eigenvalue weighted by Crippen LogP contribution is -2.28. The van der Waals surface area contributed by atoms with Gasteiger partial charge in [-0.15, -0.1) is 0 Å². The molecule has 3 nitrogen and oxygen atoms in total. The van der Waals surface area contributed by atoms with E-state index in [2.05, 4.69) is 52.7 Å². The van der Waals surface area contributed by atoms with Gasteiger partial charge in [0, 0.05) is 32.0 Å². The Hall–Kier alpha value is -1.74. The molecule has 0 amide bonds. The quantitative estimate of drug-likeness (QED) is 0.812. The maximum Gasteiger partial charge on any atom is 0.0544 e. The molecule has 1 aliphatic carbocycles. The number of pyridine rings is 2. The first-order valence-electron chi connectivity index (χ1n) is 7.13. The van der Waals surface area contributed by atoms with Gasteiger partial charge in [0.1, 0.15) is 0 Å². The van der Waals surface area contributed by atoms with Crippen LogP contribution in [0.15, 0.2) is 48.8 Å². The van der Waals surface area contributed by atoms with Crippen LogP contribution in [0.2, 0.25) is 0 Å². The normalized spacial score (nSPS) is 15.7. The fourth-order valence-electron chi connectivity index (χ4n) is 2.39. The van der Waals surface area contributed by atoms with Gasteiger partial charge in [0.05, 0.1) is 11.4 Å². The van der Waals surface area contributed by atoms with Gasteiger partial charge in [0.15, 0.2) is 0 Å². The molecule has 21 heavy (non-hydrogen) atoms. The molecular formula is C18H18N3. The lowest BCUT2D eigenvalue weighted by Gasteiger charge is -2.24. The second-order valence-electron chi connectivity index (χ2n) is 5.08. The van der Waals surface area contributed by atoms with Crippen LogP contribution >= 0.6 is 0 Å². The van der Waals surface area contributed by atoms with Crippen LogP contribution in [-0.2, 0) is 13.1 Å². The predicted molar refractivity (Wildman–Crippen MR) is 83.0 cm³/mol. The summed E-state index contributed by atoms with van der Waals surface area (Å²) in [5.74, 6) is 1.32. The third kappa shape index (κ3) is 4.36. The highest BCUT2D eigenvalue weighted by molar-refractivity contribution is 5.36. The topological polar surface area (TPSA) is 29.0 Å². The summed E-state index contributed by atoms with van der Waals surface area (Å²) in [5, 5.41) is 0. The van der Waals surface area contributed by atoms with Crippen LogP contribution in [0.4, 0.5) is 0 Å². The number of hydrogen-bond donors (Lipinski definition) is 0. The van der Waals surface area contributed by atoms with Crippen LogP contribution < -0.4 is 0 Å². The molecule has 0 aliphatic heterocycles. The summed E-state index contributed by atoms with van der Waals surface area (Å²) in [6.45, 7) is 2.55. The van der Waals surface area contributed by atoms with Gasteiger partial charge >= 0.3 is 0 Å². The van der Waals surface area contributed by atoms with E-state index in [-0.39, 0.29) is 0 Å². The number of nitrogens with zero attached hydrogens (tertiary/aromatic N) is 3. The van der Waals surface area contributed by atoms with Crippen molar-refractivity contribution in [1.29, 1.82) is 0 Å². The van der Waals surface area contributed by atoms with Crippen LogP contribution in [0, 0.1) is 31.6 Å². The molecule has 1 aliphatic rings. The van der Waals surface area contributed by atoms with Crippen LogP contribution in [0.3, 0.4) is 0 Å². The second-order valence-corrected chi connectivity index (χ2v) is 5.08. The van der Waals surface area contributed by atoms with Gasteiger partial charge in [-0.3, -0.25) is 14.9 Å². The zero-order valence-electron chi connectivity index (χ0n) is 11.9. The molecular weight excluding hydrogens is 258 g/mol. The molecule has 0 atom stereocenters. The Labute approximate surface area is 127 Å². The zero-order chi connectivity index (χ0) is 14.3. The molecule has 0 aromatic carbocycles. The maximum absolute atomic E-state index is 4.43. The Morgan fingerprint density at radius 2 is 1.29 bits per heavy atom. The van der Waals surface area contributed by atoms with Gasteiger partial charge < -0.3 is 0 Å². The SMILES string of the molecule is [CH]1[CH][CH][C](CN(Cc2ccccn2)Cc2ccccn2)[CH]1. The van der Waals surface area contributed by atoms with Crippen molar-refractivity contribution in [2.24, 2.45) is 0 Å². The van der Waals surface area contributed by atoms with Crippen molar-refractivity contribution in [3.63, 3.8) is 0 Å². The Bertz CT molecular complexity index is 479. The first kappa shape index (κ1) is 14.2. The highest BCUT2D eigenvalue weighted by Gasteiger charge is 2.20. The van der Waals surface area contributed by atoms with Crippen LogP contribution in [-0.4, -0.2) is 21.4 Å². The first-order valence-corrected chi connectivity index (χ1v) is 7.13. The summed E-state index contributed by atoms with van der Waals surface area (Å²) in [6.07, 6.45) is 12.2. The molecule has 1 fully saturated rings. The summed E-state index contributed by atoms with van der Waals surface area (Å²) in [5.41, 5.74) is 2.17. The number of hydrogen-bond acceptors (Lipinski definition) is 3. The van der Waals surface area contributed by atoms with Gasteiger partial charge in [-0.1, -0.05) is 12.1 Å². The first-order chi connectivity index (χ1) is 10.4. The monoisotopic (exact) mass is 276 g/mol. The summed E-state index contributed by atoms with van der Waals surface area (Å²) in [6, 6.07) is 12.1. The van der Waals surface area contributed by atoms with Crippen molar-refractivity contribution in [3.8, 4) is 0 Å². The van der Waals surface area contributed by atoms with Gasteiger partial charge in [-0.2, -0.15) is 0 Å². The van der Waals surface area contributed by atoms with E-state index in [0.717, 1.165) is 31.0 Å². The van der Waals surface area contributed by atoms with Crippen LogP contribution in [0.1, 0.15) is 11.4 Å². The van der Waals surface area contributed by atoms with Crippen molar-refractivity contribution in [2.75, 3.05) is 6.54 Å². The fourth-order valence-corrected chi connectivity index (χ4v) is 2.39. The Morgan fingerprint density at radius 3 is 1.76 bits per heavy atom. The molecule has 0 saturated heterocycles. The Balaban J connectivity index is 1.67. The summed E-state index contributed by atoms with van der Waals surface area (Å²) < 4.78 is 0. The number of rotatable bonds is 6. The minimum Gasteiger partial charge on any atom is -0.291 e. The van der Waals surface area contributed by atoms with Crippen LogP contribution in [0.5, 0.6) is 0 Å². The van der Waals surface area contributed by atoms with E-state index in [1.165, 1.54) is 5.92 Å². The van der Waals surface area contributed by atoms with E-state index in [1.54, 1.807) is 0 Å². The van der Waals surface area contributed by atoms with E-state index in [0.29, 0.717) is 0 Å². The molecule has 3 heteroatoms. The highest BCUT2D eigenvalue weighted by atomic mass is 15.1. The third-order valence-electron chi connectivity index (χ3n) is 3.36. The fraction of sp³-hybridized carbons (Fsp3) is 0.167. The molecule has 2 aromatic heterocycles. The van der Waals surface area contributed by atoms with Crippen molar-refractivity contribution < 1.29 is 0 Å². The summed E-state index contributed by atoms with van der Waals surface area (Å²) >= 11 is 0. The number of aromatic nitrogens is 2. The minimum absolute atomic E-state index is 0.822. The second kappa shape index (κ2) is 7.32. The molecule has 3 rings (SSSR count). The average Bonchev–Trinajstić information content (AvgIpc) is 3.02. The van der Waals surface area contributed by atoms with E-state index < -0.39 is 0 Å². The molecule has 2 aromatic rings. The Morgan fingerprint density at radius 1 is 0.714 bits per heavy atom. The molecule has 1 saturated carbocycles. The van der Waals surface area contributed by atoms with Gasteiger partial charge in [0.2, 0.25) is 0 Å². The molecule has 2 heterocycles. The zero-order valence-corrected chi connectivity index (χ0v) is 11.9. The van der Waals surface area contributed by atoms with E-state index in [1.807, 2.05) is 36.7 Å². The highest BCUT2D eigenvalue weighted by Crippen LogP contribution is 2.24. The predicted octanol–water partition coefficient (Wildman–Crippen LogP) is 2.88. The minimum atomic E-state index is 0.822. The smallest absolute Gasteiger partial charge is 0.0544 e. The molecule has 0 bridgehead atoms. The van der Waals surface area contributed by atoms with Gasteiger partial charge in [-0.05, 0) is 55.9 Å². The molecule has 0 N–H and O–H groups in total. The average molecular weight is 276 g/mol. The third-order valence-corrected chi connectivity index (χ3v) is 3.36. The molecule has 5 radical (unpaired) electrons. The van der Waals surface area contributed by atoms with E-state index in [9.17, 15) is 0 Å². The van der Waals surface area contributed by atoms with E-state index >= 15 is 0 Å². The van der Waals surface area contributed by atoms with Gasteiger partial charge in [-0.25, -0.2) is 0 Å².